The van der Waals surface area contributed by atoms with Gasteiger partial charge in [0.1, 0.15) is 11.6 Å². The Morgan fingerprint density at radius 3 is 2.41 bits per heavy atom. The minimum absolute atomic E-state index is 0.0692. The molecule has 0 amide bonds. The van der Waals surface area contributed by atoms with Gasteiger partial charge in [0, 0.05) is 6.54 Å². The van der Waals surface area contributed by atoms with Crippen molar-refractivity contribution in [1.29, 1.82) is 10.7 Å². The topological polar surface area (TPSA) is 63.4 Å². The zero-order valence-corrected chi connectivity index (χ0v) is 18.8. The molecule has 0 bridgehead atoms. The zero-order chi connectivity index (χ0) is 23.7. The number of rotatable bonds is 6. The highest BCUT2D eigenvalue weighted by Gasteiger charge is 2.46. The molecule has 1 N–H and O–H groups in total. The maximum Gasteiger partial charge on any atom is 0.417 e. The van der Waals surface area contributed by atoms with Crippen molar-refractivity contribution < 1.29 is 17.9 Å². The van der Waals surface area contributed by atoms with Gasteiger partial charge in [-0.15, -0.1) is 0 Å². The molecule has 168 valence electrons. The number of amidine groups is 1. The first-order valence-corrected chi connectivity index (χ1v) is 10.4. The Hall–Kier alpha value is -3.12. The van der Waals surface area contributed by atoms with Crippen LogP contribution in [0, 0.1) is 23.7 Å². The molecule has 9 heteroatoms. The standard InChI is InChI=1S/C23H23F3N4OS/c1-15-5-9-18(10-6-15)31-12-4-11-29-21(32)30(20(28)22(29,2)3)17-8-7-16(14-27)19(13-17)23(24,25)26/h5-10,13,28H,4,11-12H2,1-3H3. The fraction of sp³-hybridized carbons (Fsp3) is 0.348. The minimum Gasteiger partial charge on any atom is -0.494 e. The van der Waals surface area contributed by atoms with Crippen LogP contribution in [0.25, 0.3) is 0 Å². The molecule has 0 saturated carbocycles. The van der Waals surface area contributed by atoms with Gasteiger partial charge < -0.3 is 9.64 Å². The smallest absolute Gasteiger partial charge is 0.417 e. The first kappa shape index (κ1) is 23.5. The molecule has 3 rings (SSSR count). The molecule has 32 heavy (non-hydrogen) atoms. The molecule has 1 heterocycles. The van der Waals surface area contributed by atoms with E-state index < -0.39 is 22.8 Å². The number of hydrogen-bond donors (Lipinski definition) is 1. The molecule has 0 spiro atoms. The lowest BCUT2D eigenvalue weighted by atomic mass is 10.0. The van der Waals surface area contributed by atoms with Crippen molar-refractivity contribution >= 4 is 28.9 Å². The van der Waals surface area contributed by atoms with Crippen LogP contribution in [0.2, 0.25) is 0 Å². The molecule has 1 aliphatic heterocycles. The number of alkyl halides is 3. The van der Waals surface area contributed by atoms with E-state index in [1.54, 1.807) is 19.9 Å². The number of ether oxygens (including phenoxy) is 1. The summed E-state index contributed by atoms with van der Waals surface area (Å²) in [5, 5.41) is 17.9. The third-order valence-corrected chi connectivity index (χ3v) is 5.81. The van der Waals surface area contributed by atoms with Crippen molar-refractivity contribution in [2.45, 2.75) is 38.9 Å². The fourth-order valence-electron chi connectivity index (χ4n) is 3.52. The van der Waals surface area contributed by atoms with Crippen LogP contribution >= 0.6 is 12.2 Å². The molecule has 0 unspecified atom stereocenters. The van der Waals surface area contributed by atoms with E-state index in [4.69, 9.17) is 27.6 Å². The van der Waals surface area contributed by atoms with Gasteiger partial charge in [0.2, 0.25) is 0 Å². The number of anilines is 1. The highest BCUT2D eigenvalue weighted by molar-refractivity contribution is 7.80. The van der Waals surface area contributed by atoms with Crippen LogP contribution in [0.15, 0.2) is 42.5 Å². The summed E-state index contributed by atoms with van der Waals surface area (Å²) < 4.78 is 46.0. The summed E-state index contributed by atoms with van der Waals surface area (Å²) >= 11 is 5.55. The lowest BCUT2D eigenvalue weighted by Crippen LogP contribution is -2.44. The predicted octanol–water partition coefficient (Wildman–Crippen LogP) is 5.52. The molecule has 0 radical (unpaired) electrons. The molecular weight excluding hydrogens is 437 g/mol. The van der Waals surface area contributed by atoms with Crippen LogP contribution in [0.4, 0.5) is 18.9 Å². The maximum atomic E-state index is 13.4. The molecule has 1 aliphatic rings. The van der Waals surface area contributed by atoms with Crippen LogP contribution in [0.5, 0.6) is 5.75 Å². The normalized spacial score (nSPS) is 15.8. The van der Waals surface area contributed by atoms with Gasteiger partial charge >= 0.3 is 6.18 Å². The Bertz CT molecular complexity index is 1070. The lowest BCUT2D eigenvalue weighted by Gasteiger charge is -2.30. The fourth-order valence-corrected chi connectivity index (χ4v) is 4.04. The summed E-state index contributed by atoms with van der Waals surface area (Å²) in [6.45, 7) is 6.50. The second-order valence-corrected chi connectivity index (χ2v) is 8.40. The van der Waals surface area contributed by atoms with Crippen molar-refractivity contribution in [1.82, 2.24) is 4.90 Å². The maximum absolute atomic E-state index is 13.4. The van der Waals surface area contributed by atoms with E-state index >= 15 is 0 Å². The SMILES string of the molecule is Cc1ccc(OCCCN2C(=S)N(c3ccc(C#N)c(C(F)(F)F)c3)C(=N)C2(C)C)cc1. The second-order valence-electron chi connectivity index (χ2n) is 8.03. The first-order valence-electron chi connectivity index (χ1n) is 9.98. The average molecular weight is 461 g/mol. The summed E-state index contributed by atoms with van der Waals surface area (Å²) in [5.41, 5.74) is -1.08. The molecule has 1 fully saturated rings. The number of hydrogen-bond acceptors (Lipinski definition) is 4. The molecule has 1 saturated heterocycles. The number of nitrogens with zero attached hydrogens (tertiary/aromatic N) is 3. The van der Waals surface area contributed by atoms with Crippen LogP contribution < -0.4 is 9.64 Å². The number of aryl methyl sites for hydroxylation is 1. The average Bonchev–Trinajstić information content (AvgIpc) is 2.90. The highest BCUT2D eigenvalue weighted by atomic mass is 32.1. The van der Waals surface area contributed by atoms with Gasteiger partial charge in [-0.3, -0.25) is 10.3 Å². The summed E-state index contributed by atoms with van der Waals surface area (Å²) in [4.78, 5) is 3.14. The number of thiocarbonyl (C=S) groups is 1. The number of benzene rings is 2. The van der Waals surface area contributed by atoms with E-state index in [1.165, 1.54) is 11.0 Å². The lowest BCUT2D eigenvalue weighted by molar-refractivity contribution is -0.137. The van der Waals surface area contributed by atoms with E-state index in [1.807, 2.05) is 36.1 Å². The van der Waals surface area contributed by atoms with Crippen LogP contribution in [-0.2, 0) is 6.18 Å². The van der Waals surface area contributed by atoms with Gasteiger partial charge in [0.15, 0.2) is 5.11 Å². The van der Waals surface area contributed by atoms with Gasteiger partial charge in [-0.05, 0) is 69.7 Å². The first-order chi connectivity index (χ1) is 15.0. The Labute approximate surface area is 190 Å². The van der Waals surface area contributed by atoms with Gasteiger partial charge in [-0.2, -0.15) is 18.4 Å². The minimum atomic E-state index is -4.69. The summed E-state index contributed by atoms with van der Waals surface area (Å²) in [6, 6.07) is 12.6. The van der Waals surface area contributed by atoms with E-state index in [2.05, 4.69) is 0 Å². The van der Waals surface area contributed by atoms with Crippen molar-refractivity contribution in [2.75, 3.05) is 18.1 Å². The largest absolute Gasteiger partial charge is 0.494 e. The van der Waals surface area contributed by atoms with Crippen LogP contribution in [-0.4, -0.2) is 34.5 Å². The predicted molar refractivity (Wildman–Crippen MR) is 121 cm³/mol. The van der Waals surface area contributed by atoms with Gasteiger partial charge in [0.05, 0.1) is 35.0 Å². The summed E-state index contributed by atoms with van der Waals surface area (Å²) in [7, 11) is 0. The van der Waals surface area contributed by atoms with E-state index in [0.29, 0.717) is 19.6 Å². The molecular formula is C23H23F3N4OS. The van der Waals surface area contributed by atoms with Gasteiger partial charge in [0.25, 0.3) is 0 Å². The van der Waals surface area contributed by atoms with E-state index in [9.17, 15) is 13.2 Å². The number of halogens is 3. The van der Waals surface area contributed by atoms with Crippen LogP contribution in [0.1, 0.15) is 37.0 Å². The molecule has 2 aromatic carbocycles. The third kappa shape index (κ3) is 4.55. The van der Waals surface area contributed by atoms with Crippen molar-refractivity contribution in [3.63, 3.8) is 0 Å². The van der Waals surface area contributed by atoms with Crippen LogP contribution in [0.3, 0.4) is 0 Å². The number of nitrogens with one attached hydrogen (secondary N) is 1. The quantitative estimate of drug-likeness (QED) is 0.454. The zero-order valence-electron chi connectivity index (χ0n) is 18.0. The Morgan fingerprint density at radius 2 is 1.81 bits per heavy atom. The van der Waals surface area contributed by atoms with E-state index in [0.717, 1.165) is 23.4 Å². The Balaban J connectivity index is 1.76. The van der Waals surface area contributed by atoms with Crippen molar-refractivity contribution in [3.05, 3.63) is 59.2 Å². The second kappa shape index (κ2) is 8.79. The van der Waals surface area contributed by atoms with Gasteiger partial charge in [-0.1, -0.05) is 17.7 Å². The summed E-state index contributed by atoms with van der Waals surface area (Å²) in [6.07, 6.45) is -4.08. The highest BCUT2D eigenvalue weighted by Crippen LogP contribution is 2.38. The Kier molecular flexibility index (Phi) is 6.46. The Morgan fingerprint density at radius 1 is 1.16 bits per heavy atom. The molecule has 5 nitrogen and oxygen atoms in total. The molecule has 2 aromatic rings. The molecule has 0 atom stereocenters. The third-order valence-electron chi connectivity index (χ3n) is 5.40. The monoisotopic (exact) mass is 460 g/mol. The molecule has 0 aromatic heterocycles. The van der Waals surface area contributed by atoms with Crippen molar-refractivity contribution in [3.8, 4) is 11.8 Å². The van der Waals surface area contributed by atoms with Crippen molar-refractivity contribution in [2.24, 2.45) is 0 Å². The summed E-state index contributed by atoms with van der Waals surface area (Å²) in [5.74, 6) is 0.824. The number of nitriles is 1. The van der Waals surface area contributed by atoms with E-state index in [-0.39, 0.29) is 16.6 Å². The van der Waals surface area contributed by atoms with Gasteiger partial charge in [-0.25, -0.2) is 0 Å². The molecule has 0 aliphatic carbocycles.